The molecule has 0 aromatic heterocycles. The molecule has 1 aromatic rings. The van der Waals surface area contributed by atoms with Crippen LogP contribution >= 0.6 is 0 Å². The van der Waals surface area contributed by atoms with Gasteiger partial charge in [-0.25, -0.2) is 0 Å². The van der Waals surface area contributed by atoms with Gasteiger partial charge in [0.2, 0.25) is 5.91 Å². The van der Waals surface area contributed by atoms with Crippen LogP contribution in [0.4, 0.5) is 5.69 Å². The third-order valence-corrected chi connectivity index (χ3v) is 3.55. The standard InChI is InChI=1S/C15H23N3O/c1-3-8-18(13-9-16-10-13)11-15(19)17-14-7-5-4-6-12(14)2/h4-7,13,16H,3,8-11H2,1-2H3,(H,17,19). The average Bonchev–Trinajstić information content (AvgIpc) is 2.30. The molecule has 19 heavy (non-hydrogen) atoms. The second kappa shape index (κ2) is 6.68. The molecule has 2 N–H and O–H groups in total. The maximum Gasteiger partial charge on any atom is 0.238 e. The van der Waals surface area contributed by atoms with Gasteiger partial charge in [0.15, 0.2) is 0 Å². The van der Waals surface area contributed by atoms with Crippen molar-refractivity contribution in [3.05, 3.63) is 29.8 Å². The van der Waals surface area contributed by atoms with Crippen molar-refractivity contribution in [2.24, 2.45) is 0 Å². The summed E-state index contributed by atoms with van der Waals surface area (Å²) < 4.78 is 0. The fraction of sp³-hybridized carbons (Fsp3) is 0.533. The van der Waals surface area contributed by atoms with Gasteiger partial charge in [0.25, 0.3) is 0 Å². The fourth-order valence-electron chi connectivity index (χ4n) is 2.30. The van der Waals surface area contributed by atoms with Crippen molar-refractivity contribution in [2.45, 2.75) is 26.3 Å². The van der Waals surface area contributed by atoms with Crippen LogP contribution in [0.1, 0.15) is 18.9 Å². The van der Waals surface area contributed by atoms with Crippen molar-refractivity contribution in [1.29, 1.82) is 0 Å². The Kier molecular flexibility index (Phi) is 4.93. The van der Waals surface area contributed by atoms with Crippen LogP contribution < -0.4 is 10.6 Å². The molecule has 2 rings (SSSR count). The van der Waals surface area contributed by atoms with Gasteiger partial charge >= 0.3 is 0 Å². The molecule has 0 saturated carbocycles. The van der Waals surface area contributed by atoms with Crippen molar-refractivity contribution >= 4 is 11.6 Å². The molecule has 1 aliphatic rings. The molecule has 1 aromatic carbocycles. The Hall–Kier alpha value is -1.39. The lowest BCUT2D eigenvalue weighted by molar-refractivity contribution is -0.118. The van der Waals surface area contributed by atoms with E-state index in [0.717, 1.165) is 37.3 Å². The molecule has 0 aliphatic carbocycles. The van der Waals surface area contributed by atoms with E-state index in [1.807, 2.05) is 31.2 Å². The normalized spacial score (nSPS) is 15.3. The average molecular weight is 261 g/mol. The summed E-state index contributed by atoms with van der Waals surface area (Å²) in [7, 11) is 0. The zero-order valence-corrected chi connectivity index (χ0v) is 11.8. The number of carbonyl (C=O) groups is 1. The second-order valence-electron chi connectivity index (χ2n) is 5.15. The number of rotatable bonds is 6. The summed E-state index contributed by atoms with van der Waals surface area (Å²) in [5.74, 6) is 0.0784. The Morgan fingerprint density at radius 3 is 2.74 bits per heavy atom. The van der Waals surface area contributed by atoms with E-state index in [1.165, 1.54) is 0 Å². The molecule has 104 valence electrons. The minimum Gasteiger partial charge on any atom is -0.325 e. The summed E-state index contributed by atoms with van der Waals surface area (Å²) in [5, 5.41) is 6.26. The van der Waals surface area contributed by atoms with Crippen LogP contribution in [0.15, 0.2) is 24.3 Å². The molecule has 4 heteroatoms. The number of anilines is 1. The zero-order chi connectivity index (χ0) is 13.7. The molecule has 0 radical (unpaired) electrons. The van der Waals surface area contributed by atoms with Gasteiger partial charge in [-0.2, -0.15) is 0 Å². The molecule has 1 fully saturated rings. The quantitative estimate of drug-likeness (QED) is 0.818. The molecule has 1 amide bonds. The first-order valence-electron chi connectivity index (χ1n) is 7.01. The van der Waals surface area contributed by atoms with E-state index in [9.17, 15) is 4.79 Å². The molecule has 1 saturated heterocycles. The highest BCUT2D eigenvalue weighted by Crippen LogP contribution is 2.13. The number of aryl methyl sites for hydroxylation is 1. The molecule has 1 heterocycles. The predicted octanol–water partition coefficient (Wildman–Crippen LogP) is 1.62. The van der Waals surface area contributed by atoms with E-state index < -0.39 is 0 Å². The number of hydrogen-bond donors (Lipinski definition) is 2. The fourth-order valence-corrected chi connectivity index (χ4v) is 2.30. The van der Waals surface area contributed by atoms with E-state index in [1.54, 1.807) is 0 Å². The van der Waals surface area contributed by atoms with Crippen LogP contribution in [-0.4, -0.2) is 43.0 Å². The third-order valence-electron chi connectivity index (χ3n) is 3.55. The maximum absolute atomic E-state index is 12.1. The van der Waals surface area contributed by atoms with E-state index in [-0.39, 0.29) is 5.91 Å². The van der Waals surface area contributed by atoms with Gasteiger partial charge in [-0.1, -0.05) is 25.1 Å². The topological polar surface area (TPSA) is 44.4 Å². The Morgan fingerprint density at radius 2 is 2.16 bits per heavy atom. The van der Waals surface area contributed by atoms with E-state index in [0.29, 0.717) is 12.6 Å². The van der Waals surface area contributed by atoms with Crippen molar-refractivity contribution in [3.8, 4) is 0 Å². The van der Waals surface area contributed by atoms with Gasteiger partial charge < -0.3 is 10.6 Å². The molecular formula is C15H23N3O. The van der Waals surface area contributed by atoms with Gasteiger partial charge in [-0.15, -0.1) is 0 Å². The Balaban J connectivity index is 1.90. The monoisotopic (exact) mass is 261 g/mol. The minimum atomic E-state index is 0.0784. The number of nitrogens with one attached hydrogen (secondary N) is 2. The van der Waals surface area contributed by atoms with E-state index in [2.05, 4.69) is 22.5 Å². The summed E-state index contributed by atoms with van der Waals surface area (Å²) >= 11 is 0. The van der Waals surface area contributed by atoms with Crippen LogP contribution in [0.5, 0.6) is 0 Å². The number of carbonyl (C=O) groups excluding carboxylic acids is 1. The van der Waals surface area contributed by atoms with Crippen LogP contribution in [0.25, 0.3) is 0 Å². The maximum atomic E-state index is 12.1. The third kappa shape index (κ3) is 3.78. The molecular weight excluding hydrogens is 238 g/mol. The summed E-state index contributed by atoms with van der Waals surface area (Å²) in [4.78, 5) is 14.4. The summed E-state index contributed by atoms with van der Waals surface area (Å²) in [6.07, 6.45) is 1.08. The van der Waals surface area contributed by atoms with Crippen LogP contribution in [0.3, 0.4) is 0 Å². The lowest BCUT2D eigenvalue weighted by atomic mass is 10.1. The number of benzene rings is 1. The highest BCUT2D eigenvalue weighted by molar-refractivity contribution is 5.92. The molecule has 0 bridgehead atoms. The Bertz CT molecular complexity index is 429. The Morgan fingerprint density at radius 1 is 1.42 bits per heavy atom. The predicted molar refractivity (Wildman–Crippen MR) is 78.3 cm³/mol. The van der Waals surface area contributed by atoms with E-state index >= 15 is 0 Å². The summed E-state index contributed by atoms with van der Waals surface area (Å²) in [6, 6.07) is 8.40. The van der Waals surface area contributed by atoms with Gasteiger partial charge in [0.1, 0.15) is 0 Å². The lowest BCUT2D eigenvalue weighted by Crippen LogP contribution is -2.58. The molecule has 4 nitrogen and oxygen atoms in total. The number of amides is 1. The highest BCUT2D eigenvalue weighted by Gasteiger charge is 2.25. The highest BCUT2D eigenvalue weighted by atomic mass is 16.2. The molecule has 0 atom stereocenters. The first kappa shape index (κ1) is 14.0. The second-order valence-corrected chi connectivity index (χ2v) is 5.15. The number of hydrogen-bond acceptors (Lipinski definition) is 3. The van der Waals surface area contributed by atoms with Gasteiger partial charge in [-0.05, 0) is 31.5 Å². The molecule has 0 unspecified atom stereocenters. The summed E-state index contributed by atoms with van der Waals surface area (Å²) in [6.45, 7) is 7.62. The minimum absolute atomic E-state index is 0.0784. The van der Waals surface area contributed by atoms with Crippen molar-refractivity contribution < 1.29 is 4.79 Å². The van der Waals surface area contributed by atoms with Gasteiger partial charge in [-0.3, -0.25) is 9.69 Å². The first-order chi connectivity index (χ1) is 9.20. The SMILES string of the molecule is CCCN(CC(=O)Nc1ccccc1C)C1CNC1. The van der Waals surface area contributed by atoms with Crippen molar-refractivity contribution in [2.75, 3.05) is 31.5 Å². The smallest absolute Gasteiger partial charge is 0.238 e. The number of nitrogens with zero attached hydrogens (tertiary/aromatic N) is 1. The Labute approximate surface area is 115 Å². The largest absolute Gasteiger partial charge is 0.325 e. The molecule has 0 spiro atoms. The zero-order valence-electron chi connectivity index (χ0n) is 11.8. The molecule has 1 aliphatic heterocycles. The van der Waals surface area contributed by atoms with Crippen molar-refractivity contribution in [1.82, 2.24) is 10.2 Å². The van der Waals surface area contributed by atoms with Gasteiger partial charge in [0, 0.05) is 24.8 Å². The van der Waals surface area contributed by atoms with Crippen LogP contribution in [0.2, 0.25) is 0 Å². The van der Waals surface area contributed by atoms with Gasteiger partial charge in [0.05, 0.1) is 6.54 Å². The van der Waals surface area contributed by atoms with Crippen molar-refractivity contribution in [3.63, 3.8) is 0 Å². The van der Waals surface area contributed by atoms with Crippen LogP contribution in [0, 0.1) is 6.92 Å². The number of para-hydroxylation sites is 1. The van der Waals surface area contributed by atoms with Crippen LogP contribution in [-0.2, 0) is 4.79 Å². The van der Waals surface area contributed by atoms with E-state index in [4.69, 9.17) is 0 Å². The first-order valence-corrected chi connectivity index (χ1v) is 7.01. The summed E-state index contributed by atoms with van der Waals surface area (Å²) in [5.41, 5.74) is 2.01. The lowest BCUT2D eigenvalue weighted by Gasteiger charge is -2.37.